The van der Waals surface area contributed by atoms with Crippen LogP contribution < -0.4 is 10.8 Å². The molecule has 2 fully saturated rings. The first kappa shape index (κ1) is 11.4. The van der Waals surface area contributed by atoms with E-state index in [0.29, 0.717) is 5.92 Å². The average Bonchev–Trinajstić information content (AvgIpc) is 2.67. The smallest absolute Gasteiger partial charge is 0.133 e. The lowest BCUT2D eigenvalue weighted by Gasteiger charge is -2.28. The van der Waals surface area contributed by atoms with Crippen LogP contribution in [0.2, 0.25) is 0 Å². The van der Waals surface area contributed by atoms with Crippen LogP contribution in [0.1, 0.15) is 52.9 Å². The molecule has 1 aliphatic heterocycles. The Labute approximate surface area is 92.9 Å². The summed E-state index contributed by atoms with van der Waals surface area (Å²) in [4.78, 5) is 5.67. The van der Waals surface area contributed by atoms with Crippen molar-refractivity contribution in [3.63, 3.8) is 0 Å². The Kier molecular flexibility index (Phi) is 3.33. The summed E-state index contributed by atoms with van der Waals surface area (Å²) in [5.41, 5.74) is 3.34. The zero-order valence-corrected chi connectivity index (χ0v) is 10.2. The zero-order chi connectivity index (χ0) is 10.9. The van der Waals surface area contributed by atoms with Gasteiger partial charge in [0.1, 0.15) is 6.23 Å². The Morgan fingerprint density at radius 2 is 1.73 bits per heavy atom. The van der Waals surface area contributed by atoms with Gasteiger partial charge in [0.05, 0.1) is 6.17 Å². The molecule has 2 unspecified atom stereocenters. The van der Waals surface area contributed by atoms with Crippen LogP contribution in [0.5, 0.6) is 0 Å². The van der Waals surface area contributed by atoms with Crippen molar-refractivity contribution in [2.24, 2.45) is 11.3 Å². The van der Waals surface area contributed by atoms with Gasteiger partial charge < -0.3 is 0 Å². The highest BCUT2D eigenvalue weighted by atomic mass is 16.7. The summed E-state index contributed by atoms with van der Waals surface area (Å²) >= 11 is 0. The normalized spacial score (nSPS) is 34.6. The minimum Gasteiger partial charge on any atom is -0.281 e. The van der Waals surface area contributed by atoms with E-state index in [-0.39, 0.29) is 17.8 Å². The van der Waals surface area contributed by atoms with E-state index in [1.165, 1.54) is 32.1 Å². The quantitative estimate of drug-likeness (QED) is 0.700. The van der Waals surface area contributed by atoms with Crippen LogP contribution in [0, 0.1) is 11.3 Å². The molecule has 0 aromatic heterocycles. The second kappa shape index (κ2) is 4.40. The fourth-order valence-electron chi connectivity index (χ4n) is 2.47. The number of hydroxylamine groups is 1. The van der Waals surface area contributed by atoms with Gasteiger partial charge in [-0.25, -0.2) is 0 Å². The van der Waals surface area contributed by atoms with Gasteiger partial charge in [-0.15, -0.1) is 0 Å². The van der Waals surface area contributed by atoms with E-state index in [2.05, 4.69) is 31.6 Å². The third-order valence-corrected chi connectivity index (χ3v) is 3.59. The Morgan fingerprint density at radius 1 is 1.07 bits per heavy atom. The van der Waals surface area contributed by atoms with Gasteiger partial charge in [0.15, 0.2) is 0 Å². The lowest BCUT2D eigenvalue weighted by Crippen LogP contribution is -2.45. The van der Waals surface area contributed by atoms with Gasteiger partial charge in [-0.3, -0.25) is 10.2 Å². The van der Waals surface area contributed by atoms with E-state index >= 15 is 0 Å². The molecule has 0 spiro atoms. The van der Waals surface area contributed by atoms with Gasteiger partial charge in [0.2, 0.25) is 0 Å². The standard InChI is InChI=1S/C12H24N2O/c1-12(2,3)11-13-10(15-14-11)9-7-5-4-6-8-9/h9-11,13-14H,4-8H2,1-3H3. The second-order valence-corrected chi connectivity index (χ2v) is 6.02. The summed E-state index contributed by atoms with van der Waals surface area (Å²) in [5.74, 6) is 0.707. The van der Waals surface area contributed by atoms with E-state index in [9.17, 15) is 0 Å². The molecule has 0 bridgehead atoms. The molecule has 0 aromatic carbocycles. The van der Waals surface area contributed by atoms with Gasteiger partial charge in [-0.1, -0.05) is 40.0 Å². The van der Waals surface area contributed by atoms with Crippen molar-refractivity contribution in [2.75, 3.05) is 0 Å². The van der Waals surface area contributed by atoms with Crippen LogP contribution in [-0.2, 0) is 4.84 Å². The number of hydrogen-bond acceptors (Lipinski definition) is 3. The highest BCUT2D eigenvalue weighted by Gasteiger charge is 2.37. The summed E-state index contributed by atoms with van der Waals surface area (Å²) in [7, 11) is 0. The van der Waals surface area contributed by atoms with Gasteiger partial charge >= 0.3 is 0 Å². The van der Waals surface area contributed by atoms with Crippen molar-refractivity contribution in [2.45, 2.75) is 65.3 Å². The summed E-state index contributed by atoms with van der Waals surface area (Å²) < 4.78 is 0. The van der Waals surface area contributed by atoms with Crippen molar-refractivity contribution in [3.8, 4) is 0 Å². The van der Waals surface area contributed by atoms with Crippen molar-refractivity contribution >= 4 is 0 Å². The Bertz CT molecular complexity index is 206. The molecule has 88 valence electrons. The lowest BCUT2D eigenvalue weighted by atomic mass is 9.87. The molecule has 2 atom stereocenters. The predicted octanol–water partition coefficient (Wildman–Crippen LogP) is 2.39. The third kappa shape index (κ3) is 2.71. The SMILES string of the molecule is CC(C)(C)C1NOC(C2CCCCC2)N1. The van der Waals surface area contributed by atoms with Crippen molar-refractivity contribution in [3.05, 3.63) is 0 Å². The Balaban J connectivity index is 1.86. The van der Waals surface area contributed by atoms with E-state index in [1.54, 1.807) is 0 Å². The minimum atomic E-state index is 0.212. The first-order chi connectivity index (χ1) is 7.07. The molecule has 0 aromatic rings. The maximum atomic E-state index is 5.67. The van der Waals surface area contributed by atoms with Gasteiger partial charge in [-0.05, 0) is 18.3 Å². The molecule has 3 heteroatoms. The molecule has 1 aliphatic carbocycles. The number of nitrogens with one attached hydrogen (secondary N) is 2. The lowest BCUT2D eigenvalue weighted by molar-refractivity contribution is -0.0242. The fourth-order valence-corrected chi connectivity index (χ4v) is 2.47. The first-order valence-corrected chi connectivity index (χ1v) is 6.24. The minimum absolute atomic E-state index is 0.212. The molecular formula is C12H24N2O. The molecule has 2 aliphatic rings. The summed E-state index contributed by atoms with van der Waals surface area (Å²) in [6.07, 6.45) is 7.28. The largest absolute Gasteiger partial charge is 0.281 e. The molecule has 2 N–H and O–H groups in total. The van der Waals surface area contributed by atoms with Crippen LogP contribution in [-0.4, -0.2) is 12.4 Å². The van der Waals surface area contributed by atoms with Crippen molar-refractivity contribution in [1.29, 1.82) is 0 Å². The second-order valence-electron chi connectivity index (χ2n) is 6.02. The van der Waals surface area contributed by atoms with Gasteiger partial charge in [-0.2, -0.15) is 5.48 Å². The molecule has 1 saturated carbocycles. The maximum absolute atomic E-state index is 5.67. The predicted molar refractivity (Wildman–Crippen MR) is 61.0 cm³/mol. The van der Waals surface area contributed by atoms with Crippen molar-refractivity contribution < 1.29 is 4.84 Å². The third-order valence-electron chi connectivity index (χ3n) is 3.59. The van der Waals surface area contributed by atoms with Crippen molar-refractivity contribution in [1.82, 2.24) is 10.8 Å². The Hall–Kier alpha value is -0.120. The van der Waals surface area contributed by atoms with Crippen LogP contribution in [0.4, 0.5) is 0 Å². The summed E-state index contributed by atoms with van der Waals surface area (Å²) in [5, 5.41) is 3.57. The molecule has 1 heterocycles. The molecule has 1 saturated heterocycles. The zero-order valence-electron chi connectivity index (χ0n) is 10.2. The molecule has 15 heavy (non-hydrogen) atoms. The molecule has 2 rings (SSSR count). The van der Waals surface area contributed by atoms with Crippen LogP contribution in [0.25, 0.3) is 0 Å². The Morgan fingerprint density at radius 3 is 2.27 bits per heavy atom. The topological polar surface area (TPSA) is 33.3 Å². The molecule has 0 radical (unpaired) electrons. The van der Waals surface area contributed by atoms with E-state index in [4.69, 9.17) is 4.84 Å². The van der Waals surface area contributed by atoms with Crippen LogP contribution in [0.15, 0.2) is 0 Å². The number of hydrogen-bond donors (Lipinski definition) is 2. The average molecular weight is 212 g/mol. The van der Waals surface area contributed by atoms with E-state index in [1.807, 2.05) is 0 Å². The van der Waals surface area contributed by atoms with E-state index < -0.39 is 0 Å². The van der Waals surface area contributed by atoms with Crippen LogP contribution >= 0.6 is 0 Å². The van der Waals surface area contributed by atoms with E-state index in [0.717, 1.165) is 0 Å². The fraction of sp³-hybridized carbons (Fsp3) is 1.00. The monoisotopic (exact) mass is 212 g/mol. The molecular weight excluding hydrogens is 188 g/mol. The van der Waals surface area contributed by atoms with Gasteiger partial charge in [0.25, 0.3) is 0 Å². The van der Waals surface area contributed by atoms with Crippen LogP contribution in [0.3, 0.4) is 0 Å². The maximum Gasteiger partial charge on any atom is 0.133 e. The molecule has 0 amide bonds. The summed E-state index contributed by atoms with van der Waals surface area (Å²) in [6.45, 7) is 6.68. The highest BCUT2D eigenvalue weighted by Crippen LogP contribution is 2.30. The molecule has 3 nitrogen and oxygen atoms in total. The summed E-state index contributed by atoms with van der Waals surface area (Å²) in [6, 6.07) is 0. The highest BCUT2D eigenvalue weighted by molar-refractivity contribution is 4.84. The first-order valence-electron chi connectivity index (χ1n) is 6.24. The van der Waals surface area contributed by atoms with Gasteiger partial charge in [0, 0.05) is 5.92 Å². The number of rotatable bonds is 1.